The Bertz CT molecular complexity index is 590. The quantitative estimate of drug-likeness (QED) is 0.865. The number of aliphatic imine (C=N–C) groups is 1. The van der Waals surface area contributed by atoms with Crippen molar-refractivity contribution in [2.75, 3.05) is 12.4 Å². The highest BCUT2D eigenvalue weighted by atomic mass is 79.9. The van der Waals surface area contributed by atoms with Gasteiger partial charge in [-0.25, -0.2) is 0 Å². The minimum absolute atomic E-state index is 0.662. The first-order valence-electron chi connectivity index (χ1n) is 7.67. The second kappa shape index (κ2) is 5.84. The van der Waals surface area contributed by atoms with Gasteiger partial charge in [0.25, 0.3) is 0 Å². The third-order valence-electron chi connectivity index (χ3n) is 4.62. The molecule has 0 bridgehead atoms. The van der Waals surface area contributed by atoms with Crippen molar-refractivity contribution in [1.82, 2.24) is 5.32 Å². The lowest BCUT2D eigenvalue weighted by atomic mass is 10.1. The first-order chi connectivity index (χ1) is 10.3. The summed E-state index contributed by atoms with van der Waals surface area (Å²) < 4.78 is 6.90. The molecule has 2 aliphatic heterocycles. The molecule has 3 nitrogen and oxygen atoms in total. The summed E-state index contributed by atoms with van der Waals surface area (Å²) in [6.45, 7) is 1.50. The number of benzene rings is 1. The van der Waals surface area contributed by atoms with E-state index in [0.29, 0.717) is 12.6 Å². The fraction of sp³-hybridized carbons (Fsp3) is 0.562. The average molecular weight is 367 g/mol. The van der Waals surface area contributed by atoms with Crippen molar-refractivity contribution in [2.24, 2.45) is 10.9 Å². The molecule has 5 heteroatoms. The maximum absolute atomic E-state index is 5.78. The molecule has 1 aliphatic carbocycles. The third-order valence-corrected chi connectivity index (χ3v) is 6.19. The molecule has 0 spiro atoms. The van der Waals surface area contributed by atoms with Crippen LogP contribution in [-0.2, 0) is 13.0 Å². The summed E-state index contributed by atoms with van der Waals surface area (Å²) in [4.78, 5) is 4.80. The van der Waals surface area contributed by atoms with Crippen LogP contribution in [0, 0.1) is 5.92 Å². The Morgan fingerprint density at radius 1 is 1.38 bits per heavy atom. The van der Waals surface area contributed by atoms with Crippen LogP contribution in [0.4, 0.5) is 0 Å². The Kier molecular flexibility index (Phi) is 3.88. The van der Waals surface area contributed by atoms with E-state index in [-0.39, 0.29) is 0 Å². The monoisotopic (exact) mass is 366 g/mol. The summed E-state index contributed by atoms with van der Waals surface area (Å²) in [5, 5.41) is 4.74. The van der Waals surface area contributed by atoms with Crippen molar-refractivity contribution >= 4 is 32.9 Å². The molecule has 112 valence electrons. The maximum atomic E-state index is 5.78. The van der Waals surface area contributed by atoms with Crippen LogP contribution in [0.1, 0.15) is 30.4 Å². The first-order valence-corrected chi connectivity index (χ1v) is 9.45. The van der Waals surface area contributed by atoms with Gasteiger partial charge in [0, 0.05) is 28.3 Å². The van der Waals surface area contributed by atoms with Crippen molar-refractivity contribution in [3.63, 3.8) is 0 Å². The van der Waals surface area contributed by atoms with Crippen LogP contribution in [0.15, 0.2) is 21.6 Å². The van der Waals surface area contributed by atoms with E-state index in [0.717, 1.165) is 34.3 Å². The molecule has 0 aromatic heterocycles. The predicted octanol–water partition coefficient (Wildman–Crippen LogP) is 3.75. The highest BCUT2D eigenvalue weighted by Crippen LogP contribution is 2.35. The van der Waals surface area contributed by atoms with E-state index in [1.807, 2.05) is 11.8 Å². The van der Waals surface area contributed by atoms with Gasteiger partial charge >= 0.3 is 0 Å². The van der Waals surface area contributed by atoms with Crippen molar-refractivity contribution < 1.29 is 4.74 Å². The number of nitrogens with zero attached hydrogens (tertiary/aromatic N) is 1. The Morgan fingerprint density at radius 2 is 2.33 bits per heavy atom. The molecule has 1 saturated carbocycles. The lowest BCUT2D eigenvalue weighted by Gasteiger charge is -2.28. The second-order valence-corrected chi connectivity index (χ2v) is 7.95. The molecule has 2 atom stereocenters. The highest BCUT2D eigenvalue weighted by molar-refractivity contribution is 9.10. The highest BCUT2D eigenvalue weighted by Gasteiger charge is 2.32. The average Bonchev–Trinajstić information content (AvgIpc) is 3.12. The maximum Gasteiger partial charge on any atom is 0.157 e. The van der Waals surface area contributed by atoms with E-state index in [9.17, 15) is 0 Å². The number of hydrogen-bond donors (Lipinski definition) is 1. The summed E-state index contributed by atoms with van der Waals surface area (Å²) in [7, 11) is 0. The smallest absolute Gasteiger partial charge is 0.157 e. The zero-order valence-electron chi connectivity index (χ0n) is 11.9. The molecular formula is C16H19BrN2OS. The molecule has 21 heavy (non-hydrogen) atoms. The van der Waals surface area contributed by atoms with Gasteiger partial charge in [-0.2, -0.15) is 0 Å². The topological polar surface area (TPSA) is 33.6 Å². The van der Waals surface area contributed by atoms with Crippen LogP contribution < -0.4 is 10.1 Å². The molecule has 4 rings (SSSR count). The van der Waals surface area contributed by atoms with Crippen LogP contribution in [0.25, 0.3) is 0 Å². The first kappa shape index (κ1) is 13.9. The SMILES string of the molecule is Brc1cc2c(c(CN=C3NC4CCCC4CS3)c1)OCC2. The van der Waals surface area contributed by atoms with Gasteiger partial charge in [-0.1, -0.05) is 34.1 Å². The van der Waals surface area contributed by atoms with E-state index in [2.05, 4.69) is 33.4 Å². The largest absolute Gasteiger partial charge is 0.493 e. The summed E-state index contributed by atoms with van der Waals surface area (Å²) >= 11 is 5.48. The molecular weight excluding hydrogens is 348 g/mol. The van der Waals surface area contributed by atoms with Gasteiger partial charge in [-0.05, 0) is 36.5 Å². The lowest BCUT2D eigenvalue weighted by Crippen LogP contribution is -2.41. The fourth-order valence-electron chi connectivity index (χ4n) is 3.52. The van der Waals surface area contributed by atoms with Gasteiger partial charge in [-0.15, -0.1) is 0 Å². The third kappa shape index (κ3) is 2.82. The summed E-state index contributed by atoms with van der Waals surface area (Å²) in [5.41, 5.74) is 2.50. The van der Waals surface area contributed by atoms with Crippen LogP contribution in [-0.4, -0.2) is 23.6 Å². The van der Waals surface area contributed by atoms with Gasteiger partial charge in [0.15, 0.2) is 5.17 Å². The standard InChI is InChI=1S/C16H19BrN2OS/c17-13-6-10-4-5-20-15(10)12(7-13)8-18-16-19-14-3-1-2-11(14)9-21-16/h6-7,11,14H,1-5,8-9H2,(H,18,19). The Labute approximate surface area is 138 Å². The van der Waals surface area contributed by atoms with E-state index >= 15 is 0 Å². The minimum Gasteiger partial charge on any atom is -0.493 e. The Hall–Kier alpha value is -0.680. The zero-order valence-corrected chi connectivity index (χ0v) is 14.3. The second-order valence-electron chi connectivity index (χ2n) is 6.03. The number of ether oxygens (including phenoxy) is 1. The van der Waals surface area contributed by atoms with E-state index in [1.54, 1.807) is 0 Å². The van der Waals surface area contributed by atoms with Gasteiger partial charge in [-0.3, -0.25) is 4.99 Å². The fourth-order valence-corrected chi connectivity index (χ4v) is 5.24. The zero-order chi connectivity index (χ0) is 14.2. The van der Waals surface area contributed by atoms with E-state index in [4.69, 9.17) is 9.73 Å². The number of nitrogens with one attached hydrogen (secondary N) is 1. The molecule has 0 radical (unpaired) electrons. The molecule has 3 aliphatic rings. The number of hydrogen-bond acceptors (Lipinski definition) is 3. The molecule has 2 fully saturated rings. The predicted molar refractivity (Wildman–Crippen MR) is 91.2 cm³/mol. The molecule has 0 amide bonds. The Morgan fingerprint density at radius 3 is 3.29 bits per heavy atom. The molecule has 1 N–H and O–H groups in total. The number of halogens is 1. The molecule has 2 heterocycles. The number of thioether (sulfide) groups is 1. The number of amidine groups is 1. The Balaban J connectivity index is 1.50. The van der Waals surface area contributed by atoms with Crippen LogP contribution in [0.3, 0.4) is 0 Å². The molecule has 2 unspecified atom stereocenters. The summed E-state index contributed by atoms with van der Waals surface area (Å²) in [5.74, 6) is 3.14. The van der Waals surface area contributed by atoms with Crippen LogP contribution in [0.2, 0.25) is 0 Å². The lowest BCUT2D eigenvalue weighted by molar-refractivity contribution is 0.353. The van der Waals surface area contributed by atoms with Gasteiger partial charge in [0.1, 0.15) is 5.75 Å². The van der Waals surface area contributed by atoms with Crippen LogP contribution in [0.5, 0.6) is 5.75 Å². The van der Waals surface area contributed by atoms with E-state index < -0.39 is 0 Å². The minimum atomic E-state index is 0.662. The van der Waals surface area contributed by atoms with Crippen molar-refractivity contribution in [3.8, 4) is 5.75 Å². The number of fused-ring (bicyclic) bond motifs is 2. The summed E-state index contributed by atoms with van der Waals surface area (Å²) in [6.07, 6.45) is 5.06. The van der Waals surface area contributed by atoms with Crippen molar-refractivity contribution in [3.05, 3.63) is 27.7 Å². The molecule has 1 saturated heterocycles. The van der Waals surface area contributed by atoms with Gasteiger partial charge in [0.05, 0.1) is 13.2 Å². The number of rotatable bonds is 2. The van der Waals surface area contributed by atoms with Gasteiger partial charge < -0.3 is 10.1 Å². The van der Waals surface area contributed by atoms with Crippen molar-refractivity contribution in [1.29, 1.82) is 0 Å². The molecule has 1 aromatic carbocycles. The van der Waals surface area contributed by atoms with Crippen molar-refractivity contribution in [2.45, 2.75) is 38.3 Å². The molecule has 1 aromatic rings. The summed E-state index contributed by atoms with van der Waals surface area (Å²) in [6, 6.07) is 4.96. The van der Waals surface area contributed by atoms with Crippen LogP contribution >= 0.6 is 27.7 Å². The normalized spacial score (nSPS) is 28.9. The van der Waals surface area contributed by atoms with E-state index in [1.165, 1.54) is 36.1 Å². The van der Waals surface area contributed by atoms with Gasteiger partial charge in [0.2, 0.25) is 0 Å².